The number of carbonyl (C=O) groups is 1. The van der Waals surface area contributed by atoms with Crippen LogP contribution < -0.4 is 10.1 Å². The molecule has 0 bridgehead atoms. The van der Waals surface area contributed by atoms with Gasteiger partial charge < -0.3 is 15.0 Å². The fourth-order valence-electron chi connectivity index (χ4n) is 2.93. The van der Waals surface area contributed by atoms with E-state index in [0.29, 0.717) is 17.0 Å². The molecule has 1 amide bonds. The molecule has 2 N–H and O–H groups in total. The van der Waals surface area contributed by atoms with Crippen LogP contribution in [-0.4, -0.2) is 45.6 Å². The lowest BCUT2D eigenvalue weighted by Gasteiger charge is -2.05. The first-order valence-electron chi connectivity index (χ1n) is 8.13. The number of nitrogens with one attached hydrogen (secondary N) is 2. The molecule has 7 nitrogen and oxygen atoms in total. The summed E-state index contributed by atoms with van der Waals surface area (Å²) in [5.74, 6) is -0.0899. The van der Waals surface area contributed by atoms with Crippen LogP contribution in [0.5, 0.6) is 5.88 Å². The maximum Gasteiger partial charge on any atom is 0.255 e. The van der Waals surface area contributed by atoms with E-state index in [2.05, 4.69) is 20.4 Å². The second-order valence-electron chi connectivity index (χ2n) is 5.86. The number of ether oxygens (including phenoxy) is 1. The lowest BCUT2D eigenvalue weighted by atomic mass is 10.1. The lowest BCUT2D eigenvalue weighted by Crippen LogP contribution is -2.28. The fraction of sp³-hybridized carbons (Fsp3) is 0.167. The first kappa shape index (κ1) is 17.0. The molecular weight excluding hydrogens is 356 g/mol. The summed E-state index contributed by atoms with van der Waals surface area (Å²) in [4.78, 5) is 19.6. The molecule has 4 aromatic heterocycles. The van der Waals surface area contributed by atoms with E-state index in [-0.39, 0.29) is 5.56 Å². The van der Waals surface area contributed by atoms with Crippen LogP contribution in [0.25, 0.3) is 27.7 Å². The summed E-state index contributed by atoms with van der Waals surface area (Å²) in [6.45, 7) is -0.703. The standard InChI is InChI=1S/C18H15F2N5O2/c1-27-16-3-2-11-12(7-21-17(11)24-16)10-4-5-25-14(6-10)13(8-23-25)18(26)22-9-15(19)20/h2-8,15H,9H2,1H3,(H,21,24)(H,22,26). The minimum absolute atomic E-state index is 0.233. The summed E-state index contributed by atoms with van der Waals surface area (Å²) in [6.07, 6.45) is 2.28. The Hall–Kier alpha value is -3.49. The van der Waals surface area contributed by atoms with Crippen molar-refractivity contribution in [3.05, 3.63) is 48.4 Å². The van der Waals surface area contributed by atoms with Gasteiger partial charge in [0.05, 0.1) is 30.9 Å². The number of pyridine rings is 2. The highest BCUT2D eigenvalue weighted by Crippen LogP contribution is 2.30. The second-order valence-corrected chi connectivity index (χ2v) is 5.86. The monoisotopic (exact) mass is 371 g/mol. The van der Waals surface area contributed by atoms with Crippen LogP contribution >= 0.6 is 0 Å². The van der Waals surface area contributed by atoms with E-state index < -0.39 is 18.9 Å². The minimum Gasteiger partial charge on any atom is -0.481 e. The molecule has 4 aromatic rings. The SMILES string of the molecule is COc1ccc2c(-c3ccn4ncc(C(=O)NCC(F)F)c4c3)c[nH]c2n1. The zero-order valence-electron chi connectivity index (χ0n) is 14.2. The number of aromatic amines is 1. The highest BCUT2D eigenvalue weighted by Gasteiger charge is 2.16. The third kappa shape index (κ3) is 3.07. The van der Waals surface area contributed by atoms with Crippen LogP contribution in [0.1, 0.15) is 10.4 Å². The summed E-state index contributed by atoms with van der Waals surface area (Å²) < 4.78 is 31.3. The molecule has 0 fully saturated rings. The third-order valence-electron chi connectivity index (χ3n) is 4.22. The number of rotatable bonds is 5. The Morgan fingerprint density at radius 3 is 3.00 bits per heavy atom. The Bertz CT molecular complexity index is 1140. The Kier molecular flexibility index (Phi) is 4.19. The van der Waals surface area contributed by atoms with Crippen molar-refractivity contribution in [1.82, 2.24) is 24.9 Å². The number of alkyl halides is 2. The Balaban J connectivity index is 1.75. The highest BCUT2D eigenvalue weighted by atomic mass is 19.3. The van der Waals surface area contributed by atoms with Gasteiger partial charge in [0.15, 0.2) is 0 Å². The Labute approximate surface area is 152 Å². The maximum atomic E-state index is 12.3. The molecule has 138 valence electrons. The molecular formula is C18H15F2N5O2. The van der Waals surface area contributed by atoms with Crippen LogP contribution in [0.3, 0.4) is 0 Å². The molecule has 0 aliphatic carbocycles. The topological polar surface area (TPSA) is 84.3 Å². The number of H-pyrrole nitrogens is 1. The number of halogens is 2. The smallest absolute Gasteiger partial charge is 0.255 e. The van der Waals surface area contributed by atoms with Crippen molar-refractivity contribution in [2.45, 2.75) is 6.43 Å². The van der Waals surface area contributed by atoms with Crippen LogP contribution in [0.4, 0.5) is 8.78 Å². The zero-order chi connectivity index (χ0) is 19.0. The van der Waals surface area contributed by atoms with E-state index >= 15 is 0 Å². The minimum atomic E-state index is -2.61. The molecule has 0 radical (unpaired) electrons. The highest BCUT2D eigenvalue weighted by molar-refractivity contribution is 6.02. The van der Waals surface area contributed by atoms with E-state index in [0.717, 1.165) is 16.5 Å². The van der Waals surface area contributed by atoms with Gasteiger partial charge >= 0.3 is 0 Å². The van der Waals surface area contributed by atoms with E-state index in [1.807, 2.05) is 18.3 Å². The van der Waals surface area contributed by atoms with Crippen molar-refractivity contribution >= 4 is 22.5 Å². The van der Waals surface area contributed by atoms with Crippen LogP contribution in [-0.2, 0) is 0 Å². The molecule has 0 spiro atoms. The second kappa shape index (κ2) is 6.67. The Morgan fingerprint density at radius 1 is 1.37 bits per heavy atom. The van der Waals surface area contributed by atoms with Crippen LogP contribution in [0.15, 0.2) is 42.9 Å². The molecule has 9 heteroatoms. The van der Waals surface area contributed by atoms with Crippen molar-refractivity contribution in [2.24, 2.45) is 0 Å². The number of aromatic nitrogens is 4. The summed E-state index contributed by atoms with van der Waals surface area (Å²) in [5.41, 5.74) is 3.16. The van der Waals surface area contributed by atoms with Gasteiger partial charge in [-0.15, -0.1) is 0 Å². The van der Waals surface area contributed by atoms with Crippen LogP contribution in [0, 0.1) is 0 Å². The molecule has 0 unspecified atom stereocenters. The molecule has 0 aliphatic rings. The number of hydrogen-bond acceptors (Lipinski definition) is 4. The average Bonchev–Trinajstić information content (AvgIpc) is 3.28. The van der Waals surface area contributed by atoms with Gasteiger partial charge in [0.1, 0.15) is 5.65 Å². The van der Waals surface area contributed by atoms with Gasteiger partial charge in [-0.1, -0.05) is 0 Å². The van der Waals surface area contributed by atoms with E-state index in [4.69, 9.17) is 4.74 Å². The summed E-state index contributed by atoms with van der Waals surface area (Å²) >= 11 is 0. The van der Waals surface area contributed by atoms with Crippen molar-refractivity contribution in [1.29, 1.82) is 0 Å². The first-order chi connectivity index (χ1) is 13.1. The average molecular weight is 371 g/mol. The van der Waals surface area contributed by atoms with E-state index in [1.165, 1.54) is 10.7 Å². The molecule has 0 saturated carbocycles. The largest absolute Gasteiger partial charge is 0.481 e. The molecule has 4 rings (SSSR count). The van der Waals surface area contributed by atoms with E-state index in [1.54, 1.807) is 25.4 Å². The molecule has 0 saturated heterocycles. The third-order valence-corrected chi connectivity index (χ3v) is 4.22. The van der Waals surface area contributed by atoms with Crippen molar-refractivity contribution in [3.63, 3.8) is 0 Å². The fourth-order valence-corrected chi connectivity index (χ4v) is 2.93. The lowest BCUT2D eigenvalue weighted by molar-refractivity contribution is 0.0893. The molecule has 4 heterocycles. The molecule has 0 atom stereocenters. The van der Waals surface area contributed by atoms with Gasteiger partial charge in [-0.25, -0.2) is 13.3 Å². The summed E-state index contributed by atoms with van der Waals surface area (Å²) in [7, 11) is 1.55. The van der Waals surface area contributed by atoms with Gasteiger partial charge in [-0.05, 0) is 23.8 Å². The Morgan fingerprint density at radius 2 is 2.22 bits per heavy atom. The zero-order valence-corrected chi connectivity index (χ0v) is 14.2. The van der Waals surface area contributed by atoms with Gasteiger partial charge in [0, 0.05) is 29.4 Å². The number of amides is 1. The van der Waals surface area contributed by atoms with Gasteiger partial charge in [0.25, 0.3) is 12.3 Å². The van der Waals surface area contributed by atoms with Crippen molar-refractivity contribution < 1.29 is 18.3 Å². The quantitative estimate of drug-likeness (QED) is 0.565. The first-order valence-corrected chi connectivity index (χ1v) is 8.13. The summed E-state index contributed by atoms with van der Waals surface area (Å²) in [6, 6.07) is 7.30. The number of fused-ring (bicyclic) bond motifs is 2. The van der Waals surface area contributed by atoms with Crippen LogP contribution in [0.2, 0.25) is 0 Å². The van der Waals surface area contributed by atoms with Gasteiger partial charge in [-0.3, -0.25) is 4.79 Å². The number of hydrogen-bond donors (Lipinski definition) is 2. The number of carbonyl (C=O) groups excluding carboxylic acids is 1. The molecule has 27 heavy (non-hydrogen) atoms. The number of methoxy groups -OCH3 is 1. The summed E-state index contributed by atoms with van der Waals surface area (Å²) in [5, 5.41) is 7.20. The predicted octanol–water partition coefficient (Wildman–Crippen LogP) is 2.88. The predicted molar refractivity (Wildman–Crippen MR) is 95.2 cm³/mol. The number of nitrogens with zero attached hydrogens (tertiary/aromatic N) is 3. The van der Waals surface area contributed by atoms with Crippen molar-refractivity contribution in [3.8, 4) is 17.0 Å². The molecule has 0 aliphatic heterocycles. The normalized spacial score (nSPS) is 11.4. The van der Waals surface area contributed by atoms with E-state index in [9.17, 15) is 13.6 Å². The molecule has 0 aromatic carbocycles. The maximum absolute atomic E-state index is 12.3. The van der Waals surface area contributed by atoms with Crippen molar-refractivity contribution in [2.75, 3.05) is 13.7 Å². The van der Waals surface area contributed by atoms with Gasteiger partial charge in [-0.2, -0.15) is 10.1 Å². The van der Waals surface area contributed by atoms with Gasteiger partial charge in [0.2, 0.25) is 5.88 Å².